The fourth-order valence-electron chi connectivity index (χ4n) is 4.21. The van der Waals surface area contributed by atoms with Gasteiger partial charge < -0.3 is 4.74 Å². The Morgan fingerprint density at radius 2 is 1.83 bits per heavy atom. The highest BCUT2D eigenvalue weighted by molar-refractivity contribution is 7.15. The van der Waals surface area contributed by atoms with Gasteiger partial charge in [0.25, 0.3) is 17.8 Å². The third kappa shape index (κ3) is 3.85. The number of carbonyl (C=O) groups excluding carboxylic acids is 3. The van der Waals surface area contributed by atoms with Crippen LogP contribution < -0.4 is 10.1 Å². The van der Waals surface area contributed by atoms with E-state index < -0.39 is 23.8 Å². The van der Waals surface area contributed by atoms with Crippen LogP contribution in [0.5, 0.6) is 5.75 Å². The second-order valence-electron chi connectivity index (χ2n) is 8.33. The smallest absolute Gasteiger partial charge is 0.262 e. The van der Waals surface area contributed by atoms with E-state index in [-0.39, 0.29) is 11.9 Å². The Kier molecular flexibility index (Phi) is 5.81. The van der Waals surface area contributed by atoms with Crippen molar-refractivity contribution >= 4 is 40.0 Å². The zero-order valence-corrected chi connectivity index (χ0v) is 20.2. The van der Waals surface area contributed by atoms with E-state index in [9.17, 15) is 14.4 Å². The molecule has 3 amide bonds. The summed E-state index contributed by atoms with van der Waals surface area (Å²) < 4.78 is 6.96. The molecule has 2 unspecified atom stereocenters. The minimum Gasteiger partial charge on any atom is -0.497 e. The first-order valence-corrected chi connectivity index (χ1v) is 12.1. The third-order valence-corrected chi connectivity index (χ3v) is 7.05. The molecule has 1 aliphatic heterocycles. The summed E-state index contributed by atoms with van der Waals surface area (Å²) >= 11 is 1.39. The van der Waals surface area contributed by atoms with E-state index in [2.05, 4.69) is 15.4 Å². The van der Waals surface area contributed by atoms with Crippen molar-refractivity contribution < 1.29 is 19.1 Å². The van der Waals surface area contributed by atoms with Crippen LogP contribution in [-0.4, -0.2) is 50.4 Å². The third-order valence-electron chi connectivity index (χ3n) is 6.24. The summed E-state index contributed by atoms with van der Waals surface area (Å²) in [6, 6.07) is 13.2. The molecule has 3 heterocycles. The maximum Gasteiger partial charge on any atom is 0.262 e. The molecule has 10 heteroatoms. The van der Waals surface area contributed by atoms with Crippen molar-refractivity contribution in [3.05, 3.63) is 65.0 Å². The van der Waals surface area contributed by atoms with Crippen LogP contribution in [0.3, 0.4) is 0 Å². The minimum absolute atomic E-state index is 0.107. The zero-order valence-electron chi connectivity index (χ0n) is 19.4. The summed E-state index contributed by atoms with van der Waals surface area (Å²) in [5, 5.41) is 9.13. The number of nitrogens with zero attached hydrogens (tertiary/aromatic N) is 4. The number of anilines is 1. The highest BCUT2D eigenvalue weighted by Gasteiger charge is 2.44. The molecule has 0 saturated carbocycles. The van der Waals surface area contributed by atoms with Crippen molar-refractivity contribution in [3.8, 4) is 17.0 Å². The van der Waals surface area contributed by atoms with E-state index in [1.165, 1.54) is 11.3 Å². The summed E-state index contributed by atoms with van der Waals surface area (Å²) in [6.45, 7) is 3.75. The van der Waals surface area contributed by atoms with E-state index in [1.54, 1.807) is 35.9 Å². The first-order chi connectivity index (χ1) is 16.9. The highest BCUT2D eigenvalue weighted by atomic mass is 32.1. The minimum atomic E-state index is -0.994. The van der Waals surface area contributed by atoms with Crippen molar-refractivity contribution in [1.29, 1.82) is 0 Å². The normalized spacial score (nSPS) is 14.8. The Morgan fingerprint density at radius 3 is 2.49 bits per heavy atom. The molecule has 0 fully saturated rings. The first-order valence-electron chi connectivity index (χ1n) is 11.2. The lowest BCUT2D eigenvalue weighted by Gasteiger charge is -2.29. The Bertz CT molecular complexity index is 1420. The van der Waals surface area contributed by atoms with Crippen LogP contribution in [0, 0.1) is 5.92 Å². The van der Waals surface area contributed by atoms with Gasteiger partial charge in [-0.25, -0.2) is 4.52 Å². The van der Waals surface area contributed by atoms with Gasteiger partial charge in [-0.05, 0) is 30.2 Å². The number of thiazole rings is 1. The summed E-state index contributed by atoms with van der Waals surface area (Å²) in [7, 11) is 1.60. The van der Waals surface area contributed by atoms with Gasteiger partial charge in [0.15, 0.2) is 0 Å². The molecule has 178 valence electrons. The molecular formula is C25H23N5O4S. The molecule has 2 aromatic heterocycles. The van der Waals surface area contributed by atoms with Crippen molar-refractivity contribution in [2.45, 2.75) is 26.3 Å². The van der Waals surface area contributed by atoms with Gasteiger partial charge in [-0.1, -0.05) is 44.5 Å². The van der Waals surface area contributed by atoms with Gasteiger partial charge in [0.05, 0.1) is 23.9 Å². The molecular weight excluding hydrogens is 466 g/mol. The Balaban J connectivity index is 1.44. The van der Waals surface area contributed by atoms with Gasteiger partial charge in [0, 0.05) is 10.9 Å². The number of aromatic nitrogens is 3. The number of hydrogen-bond donors (Lipinski definition) is 1. The van der Waals surface area contributed by atoms with Gasteiger partial charge in [-0.2, -0.15) is 4.98 Å². The molecule has 2 atom stereocenters. The quantitative estimate of drug-likeness (QED) is 0.392. The molecule has 35 heavy (non-hydrogen) atoms. The lowest BCUT2D eigenvalue weighted by Crippen LogP contribution is -2.50. The maximum absolute atomic E-state index is 13.4. The summed E-state index contributed by atoms with van der Waals surface area (Å²) in [5.74, 6) is -0.887. The molecule has 0 radical (unpaired) electrons. The number of rotatable bonds is 7. The number of benzene rings is 2. The van der Waals surface area contributed by atoms with Crippen molar-refractivity contribution in [1.82, 2.24) is 19.5 Å². The lowest BCUT2D eigenvalue weighted by atomic mass is 9.96. The fraction of sp³-hybridized carbons (Fsp3) is 0.240. The molecule has 2 aromatic carbocycles. The number of carbonyl (C=O) groups is 3. The van der Waals surface area contributed by atoms with Crippen molar-refractivity contribution in [2.75, 3.05) is 12.4 Å². The Labute approximate surface area is 205 Å². The molecule has 4 aromatic rings. The van der Waals surface area contributed by atoms with Gasteiger partial charge in [0.2, 0.25) is 10.9 Å². The molecule has 9 nitrogen and oxygen atoms in total. The van der Waals surface area contributed by atoms with E-state index in [0.717, 1.165) is 16.2 Å². The van der Waals surface area contributed by atoms with Crippen LogP contribution in [0.15, 0.2) is 53.9 Å². The molecule has 0 spiro atoms. The zero-order chi connectivity index (χ0) is 24.7. The van der Waals surface area contributed by atoms with Crippen LogP contribution in [-0.2, 0) is 4.79 Å². The van der Waals surface area contributed by atoms with Gasteiger partial charge >= 0.3 is 0 Å². The van der Waals surface area contributed by atoms with Crippen molar-refractivity contribution in [2.24, 2.45) is 5.92 Å². The summed E-state index contributed by atoms with van der Waals surface area (Å²) in [4.78, 5) is 45.6. The molecule has 0 saturated heterocycles. The fourth-order valence-corrected chi connectivity index (χ4v) is 5.04. The average Bonchev–Trinajstić information content (AvgIpc) is 3.52. The van der Waals surface area contributed by atoms with E-state index in [4.69, 9.17) is 4.74 Å². The molecule has 1 N–H and O–H groups in total. The lowest BCUT2D eigenvalue weighted by molar-refractivity contribution is -0.121. The number of hydrogen-bond acceptors (Lipinski definition) is 7. The standard InChI is InChI=1S/C25H23N5O4S/c1-4-14(2)20(29-22(32)17-10-5-6-11-18(17)23(29)33)21(31)26-24-27-25-30(28-24)19(13-35-25)15-8-7-9-16(12-15)34-3/h5-14,20H,4H2,1-3H3,(H,26,28,31). The molecule has 0 aliphatic carbocycles. The first kappa shape index (κ1) is 22.7. The Morgan fingerprint density at radius 1 is 1.11 bits per heavy atom. The predicted octanol–water partition coefficient (Wildman–Crippen LogP) is 4.12. The van der Waals surface area contributed by atoms with E-state index in [0.29, 0.717) is 28.3 Å². The Hall–Kier alpha value is -4.05. The second kappa shape index (κ2) is 8.95. The van der Waals surface area contributed by atoms with Gasteiger partial charge in [0.1, 0.15) is 11.8 Å². The number of imide groups is 1. The van der Waals surface area contributed by atoms with Crippen LogP contribution in [0.25, 0.3) is 16.2 Å². The SMILES string of the molecule is CCC(C)C(C(=O)Nc1nc2scc(-c3cccc(OC)c3)n2n1)N1C(=O)c2ccccc2C1=O. The maximum atomic E-state index is 13.4. The number of fused-ring (bicyclic) bond motifs is 2. The van der Waals surface area contributed by atoms with Crippen molar-refractivity contribution in [3.63, 3.8) is 0 Å². The van der Waals surface area contributed by atoms with Crippen LogP contribution >= 0.6 is 11.3 Å². The number of nitrogens with one attached hydrogen (secondary N) is 1. The van der Waals surface area contributed by atoms with E-state index >= 15 is 0 Å². The summed E-state index contributed by atoms with van der Waals surface area (Å²) in [6.07, 6.45) is 0.594. The predicted molar refractivity (Wildman–Crippen MR) is 132 cm³/mol. The number of amides is 3. The van der Waals surface area contributed by atoms with Crippen LogP contribution in [0.1, 0.15) is 41.0 Å². The molecule has 5 rings (SSSR count). The van der Waals surface area contributed by atoms with Crippen LogP contribution in [0.2, 0.25) is 0 Å². The molecule has 1 aliphatic rings. The topological polar surface area (TPSA) is 106 Å². The number of ether oxygens (including phenoxy) is 1. The van der Waals surface area contributed by atoms with Gasteiger partial charge in [-0.15, -0.1) is 16.4 Å². The largest absolute Gasteiger partial charge is 0.497 e. The average molecular weight is 490 g/mol. The second-order valence-corrected chi connectivity index (χ2v) is 9.16. The van der Waals surface area contributed by atoms with Gasteiger partial charge in [-0.3, -0.25) is 24.6 Å². The monoisotopic (exact) mass is 489 g/mol. The highest BCUT2D eigenvalue weighted by Crippen LogP contribution is 2.30. The van der Waals surface area contributed by atoms with Crippen LogP contribution in [0.4, 0.5) is 5.95 Å². The van der Waals surface area contributed by atoms with E-state index in [1.807, 2.05) is 43.5 Å². The molecule has 0 bridgehead atoms. The summed E-state index contributed by atoms with van der Waals surface area (Å²) in [5.41, 5.74) is 2.31. The number of methoxy groups -OCH3 is 1.